The Bertz CT molecular complexity index is 867. The molecule has 2 aromatic rings. The third-order valence-electron chi connectivity index (χ3n) is 5.07. The molecule has 3 amide bonds. The highest BCUT2D eigenvalue weighted by molar-refractivity contribution is 5.95. The maximum Gasteiger partial charge on any atom is 0.273 e. The van der Waals surface area contributed by atoms with Crippen molar-refractivity contribution in [2.24, 2.45) is 5.92 Å². The summed E-state index contributed by atoms with van der Waals surface area (Å²) >= 11 is 0. The van der Waals surface area contributed by atoms with Crippen LogP contribution in [0.3, 0.4) is 0 Å². The number of benzene rings is 1. The average Bonchev–Trinajstić information content (AvgIpc) is 3.48. The van der Waals surface area contributed by atoms with E-state index in [1.807, 2.05) is 35.2 Å². The summed E-state index contributed by atoms with van der Waals surface area (Å²) in [6.07, 6.45) is 1.97. The van der Waals surface area contributed by atoms with Crippen molar-refractivity contribution in [2.75, 3.05) is 32.7 Å². The lowest BCUT2D eigenvalue weighted by atomic mass is 10.1. The van der Waals surface area contributed by atoms with Gasteiger partial charge in [0, 0.05) is 43.7 Å². The number of nitrogens with zero attached hydrogens (tertiary/aromatic N) is 3. The SMILES string of the molecule is O=C(NCC(=O)N1CCN(C(=O)C2CC2)CC1)c1cc(-c2ccccc2)on1. The molecule has 2 heterocycles. The van der Waals surface area contributed by atoms with Crippen LogP contribution < -0.4 is 5.32 Å². The average molecular weight is 382 g/mol. The summed E-state index contributed by atoms with van der Waals surface area (Å²) in [4.78, 5) is 40.2. The van der Waals surface area contributed by atoms with E-state index in [4.69, 9.17) is 4.52 Å². The number of amides is 3. The Kier molecular flexibility index (Phi) is 5.10. The first-order chi connectivity index (χ1) is 13.6. The lowest BCUT2D eigenvalue weighted by Crippen LogP contribution is -2.53. The molecule has 28 heavy (non-hydrogen) atoms. The molecule has 1 saturated carbocycles. The van der Waals surface area contributed by atoms with Crippen LogP contribution in [0, 0.1) is 5.92 Å². The summed E-state index contributed by atoms with van der Waals surface area (Å²) in [5.41, 5.74) is 0.954. The van der Waals surface area contributed by atoms with Crippen molar-refractivity contribution in [2.45, 2.75) is 12.8 Å². The Balaban J connectivity index is 1.25. The molecule has 1 aliphatic carbocycles. The second-order valence-electron chi connectivity index (χ2n) is 7.11. The minimum atomic E-state index is -0.457. The highest BCUT2D eigenvalue weighted by atomic mass is 16.5. The van der Waals surface area contributed by atoms with Gasteiger partial charge in [0.2, 0.25) is 11.8 Å². The fraction of sp³-hybridized carbons (Fsp3) is 0.400. The van der Waals surface area contributed by atoms with Crippen LogP contribution in [-0.2, 0) is 9.59 Å². The highest BCUT2D eigenvalue weighted by Crippen LogP contribution is 2.31. The van der Waals surface area contributed by atoms with E-state index in [1.54, 1.807) is 11.0 Å². The van der Waals surface area contributed by atoms with Crippen LogP contribution in [0.25, 0.3) is 11.3 Å². The van der Waals surface area contributed by atoms with Crippen LogP contribution in [0.4, 0.5) is 0 Å². The molecule has 8 nitrogen and oxygen atoms in total. The largest absolute Gasteiger partial charge is 0.355 e. The zero-order valence-corrected chi connectivity index (χ0v) is 15.5. The second kappa shape index (κ2) is 7.84. The molecule has 0 atom stereocenters. The molecule has 1 saturated heterocycles. The van der Waals surface area contributed by atoms with Crippen LogP contribution in [-0.4, -0.2) is 65.4 Å². The van der Waals surface area contributed by atoms with E-state index >= 15 is 0 Å². The zero-order valence-electron chi connectivity index (χ0n) is 15.5. The van der Waals surface area contributed by atoms with Gasteiger partial charge in [-0.05, 0) is 12.8 Å². The number of carbonyl (C=O) groups excluding carboxylic acids is 3. The summed E-state index contributed by atoms with van der Waals surface area (Å²) in [5.74, 6) is 0.277. The quantitative estimate of drug-likeness (QED) is 0.837. The molecule has 1 aromatic carbocycles. The van der Waals surface area contributed by atoms with Crippen molar-refractivity contribution in [3.05, 3.63) is 42.1 Å². The molecular weight excluding hydrogens is 360 g/mol. The van der Waals surface area contributed by atoms with Crippen molar-refractivity contribution in [3.8, 4) is 11.3 Å². The third kappa shape index (κ3) is 4.05. The van der Waals surface area contributed by atoms with E-state index < -0.39 is 5.91 Å². The van der Waals surface area contributed by atoms with Crippen LogP contribution in [0.15, 0.2) is 40.9 Å². The maximum absolute atomic E-state index is 12.3. The molecule has 146 valence electrons. The van der Waals surface area contributed by atoms with Crippen LogP contribution in [0.5, 0.6) is 0 Å². The van der Waals surface area contributed by atoms with Gasteiger partial charge in [-0.25, -0.2) is 0 Å². The number of piperazine rings is 1. The summed E-state index contributed by atoms with van der Waals surface area (Å²) in [5, 5.41) is 6.37. The van der Waals surface area contributed by atoms with Gasteiger partial charge in [-0.3, -0.25) is 14.4 Å². The third-order valence-corrected chi connectivity index (χ3v) is 5.07. The first-order valence-electron chi connectivity index (χ1n) is 9.49. The molecule has 4 rings (SSSR count). The van der Waals surface area contributed by atoms with Crippen LogP contribution >= 0.6 is 0 Å². The molecule has 0 bridgehead atoms. The van der Waals surface area contributed by atoms with Crippen molar-refractivity contribution in [1.29, 1.82) is 0 Å². The number of nitrogens with one attached hydrogen (secondary N) is 1. The Morgan fingerprint density at radius 2 is 1.71 bits per heavy atom. The van der Waals surface area contributed by atoms with E-state index in [1.165, 1.54) is 0 Å². The van der Waals surface area contributed by atoms with Gasteiger partial charge in [-0.1, -0.05) is 35.5 Å². The second-order valence-corrected chi connectivity index (χ2v) is 7.11. The van der Waals surface area contributed by atoms with Gasteiger partial charge in [-0.2, -0.15) is 0 Å². The van der Waals surface area contributed by atoms with Gasteiger partial charge in [0.05, 0.1) is 6.54 Å². The Labute approximate surface area is 162 Å². The highest BCUT2D eigenvalue weighted by Gasteiger charge is 2.35. The van der Waals surface area contributed by atoms with Gasteiger partial charge in [-0.15, -0.1) is 0 Å². The Morgan fingerprint density at radius 3 is 2.39 bits per heavy atom. The van der Waals surface area contributed by atoms with Gasteiger partial charge in [0.15, 0.2) is 11.5 Å². The smallest absolute Gasteiger partial charge is 0.273 e. The fourth-order valence-electron chi connectivity index (χ4n) is 3.24. The lowest BCUT2D eigenvalue weighted by molar-refractivity contribution is -0.139. The number of aromatic nitrogens is 1. The van der Waals surface area contributed by atoms with Crippen molar-refractivity contribution in [1.82, 2.24) is 20.3 Å². The van der Waals surface area contributed by atoms with Crippen molar-refractivity contribution < 1.29 is 18.9 Å². The first kappa shape index (κ1) is 18.2. The Morgan fingerprint density at radius 1 is 1.04 bits per heavy atom. The van der Waals surface area contributed by atoms with E-state index in [0.717, 1.165) is 18.4 Å². The number of carbonyl (C=O) groups is 3. The predicted octanol–water partition coefficient (Wildman–Crippen LogP) is 1.15. The van der Waals surface area contributed by atoms with E-state index in [-0.39, 0.29) is 30.0 Å². The predicted molar refractivity (Wildman–Crippen MR) is 100 cm³/mol. The maximum atomic E-state index is 12.3. The summed E-state index contributed by atoms with van der Waals surface area (Å²) in [6, 6.07) is 10.9. The number of hydrogen-bond acceptors (Lipinski definition) is 5. The molecule has 1 aliphatic heterocycles. The fourth-order valence-corrected chi connectivity index (χ4v) is 3.24. The minimum absolute atomic E-state index is 0.108. The molecule has 0 unspecified atom stereocenters. The molecule has 2 aliphatic rings. The van der Waals surface area contributed by atoms with Crippen LogP contribution in [0.2, 0.25) is 0 Å². The standard InChI is InChI=1S/C20H22N4O4/c25-18(23-8-10-24(11-9-23)20(27)15-6-7-15)13-21-19(26)16-12-17(28-22-16)14-4-2-1-3-5-14/h1-5,12,15H,6-11,13H2,(H,21,26). The number of rotatable bonds is 5. The topological polar surface area (TPSA) is 95.8 Å². The van der Waals surface area contributed by atoms with Gasteiger partial charge < -0.3 is 19.6 Å². The monoisotopic (exact) mass is 382 g/mol. The summed E-state index contributed by atoms with van der Waals surface area (Å²) in [6.45, 7) is 1.99. The summed E-state index contributed by atoms with van der Waals surface area (Å²) < 4.78 is 5.21. The number of hydrogen-bond donors (Lipinski definition) is 1. The van der Waals surface area contributed by atoms with Crippen molar-refractivity contribution in [3.63, 3.8) is 0 Å². The lowest BCUT2D eigenvalue weighted by Gasteiger charge is -2.35. The Hall–Kier alpha value is -3.16. The molecule has 1 aromatic heterocycles. The molecule has 1 N–H and O–H groups in total. The summed E-state index contributed by atoms with van der Waals surface area (Å²) in [7, 11) is 0. The van der Waals surface area contributed by atoms with E-state index in [0.29, 0.717) is 31.9 Å². The van der Waals surface area contributed by atoms with Gasteiger partial charge in [0.25, 0.3) is 5.91 Å². The van der Waals surface area contributed by atoms with Crippen LogP contribution in [0.1, 0.15) is 23.3 Å². The molecule has 0 spiro atoms. The normalized spacial score (nSPS) is 16.7. The molecule has 2 fully saturated rings. The van der Waals surface area contributed by atoms with Gasteiger partial charge in [0.1, 0.15) is 0 Å². The van der Waals surface area contributed by atoms with Gasteiger partial charge >= 0.3 is 0 Å². The molecular formula is C20H22N4O4. The van der Waals surface area contributed by atoms with E-state index in [2.05, 4.69) is 10.5 Å². The van der Waals surface area contributed by atoms with E-state index in [9.17, 15) is 14.4 Å². The first-order valence-corrected chi connectivity index (χ1v) is 9.49. The molecule has 0 radical (unpaired) electrons. The minimum Gasteiger partial charge on any atom is -0.355 e. The van der Waals surface area contributed by atoms with Crippen molar-refractivity contribution >= 4 is 17.7 Å². The molecule has 8 heteroatoms. The zero-order chi connectivity index (χ0) is 19.5.